The molecule has 0 aliphatic carbocycles. The molecule has 0 radical (unpaired) electrons. The van der Waals surface area contributed by atoms with E-state index < -0.39 is 11.2 Å². The zero-order chi connectivity index (χ0) is 24.2. The molecule has 170 valence electrons. The Morgan fingerprint density at radius 2 is 1.76 bits per heavy atom. The number of benzene rings is 3. The lowest BCUT2D eigenvalue weighted by Gasteiger charge is -2.20. The molecule has 0 spiro atoms. The molecule has 3 aromatic carbocycles. The average Bonchev–Trinajstić information content (AvgIpc) is 3.14. The van der Waals surface area contributed by atoms with Gasteiger partial charge in [-0.2, -0.15) is 5.26 Å². The number of thioether (sulfide) groups is 1. The van der Waals surface area contributed by atoms with E-state index in [2.05, 4.69) is 5.32 Å². The summed E-state index contributed by atoms with van der Waals surface area (Å²) < 4.78 is 13.3. The lowest BCUT2D eigenvalue weighted by atomic mass is 10.1. The summed E-state index contributed by atoms with van der Waals surface area (Å²) in [6.45, 7) is 3.92. The Labute approximate surface area is 201 Å². The van der Waals surface area contributed by atoms with Crippen molar-refractivity contribution in [3.8, 4) is 6.07 Å². The van der Waals surface area contributed by atoms with Gasteiger partial charge < -0.3 is 5.32 Å². The Morgan fingerprint density at radius 1 is 1.06 bits per heavy atom. The maximum absolute atomic E-state index is 13.5. The smallest absolute Gasteiger partial charge is 0.269 e. The van der Waals surface area contributed by atoms with Crippen molar-refractivity contribution in [3.63, 3.8) is 0 Å². The van der Waals surface area contributed by atoms with Gasteiger partial charge in [0.25, 0.3) is 5.91 Å². The molecule has 1 N–H and O–H groups in total. The first-order chi connectivity index (χ1) is 16.4. The Kier molecular flexibility index (Phi) is 6.80. The molecule has 1 unspecified atom stereocenters. The number of hydrogen-bond acceptors (Lipinski definition) is 4. The van der Waals surface area contributed by atoms with Gasteiger partial charge in [-0.3, -0.25) is 14.5 Å². The molecule has 5 nitrogen and oxygen atoms in total. The summed E-state index contributed by atoms with van der Waals surface area (Å²) in [6, 6.07) is 22.4. The highest BCUT2D eigenvalue weighted by atomic mass is 32.2. The van der Waals surface area contributed by atoms with Gasteiger partial charge in [0.15, 0.2) is 0 Å². The van der Waals surface area contributed by atoms with E-state index in [-0.39, 0.29) is 22.3 Å². The second-order valence-corrected chi connectivity index (χ2v) is 9.18. The Balaban J connectivity index is 1.74. The number of hydrogen-bond donors (Lipinski definition) is 1. The second-order valence-electron chi connectivity index (χ2n) is 7.99. The fraction of sp³-hybridized carbons (Fsp3) is 0.148. The molecule has 0 bridgehead atoms. The van der Waals surface area contributed by atoms with Crippen molar-refractivity contribution in [2.75, 3.05) is 10.2 Å². The van der Waals surface area contributed by atoms with Crippen molar-refractivity contribution in [2.45, 2.75) is 25.5 Å². The first-order valence-electron chi connectivity index (χ1n) is 10.7. The van der Waals surface area contributed by atoms with Gasteiger partial charge in [0.1, 0.15) is 22.5 Å². The predicted molar refractivity (Wildman–Crippen MR) is 133 cm³/mol. The molecule has 2 amide bonds. The Morgan fingerprint density at radius 3 is 2.41 bits per heavy atom. The average molecular weight is 472 g/mol. The van der Waals surface area contributed by atoms with Gasteiger partial charge in [-0.15, -0.1) is 0 Å². The summed E-state index contributed by atoms with van der Waals surface area (Å²) in [5.41, 5.74) is 3.86. The van der Waals surface area contributed by atoms with E-state index in [1.807, 2.05) is 44.2 Å². The predicted octanol–water partition coefficient (Wildman–Crippen LogP) is 5.51. The number of halogens is 1. The minimum atomic E-state index is -0.583. The number of carbonyl (C=O) groups is 2. The topological polar surface area (TPSA) is 73.2 Å². The van der Waals surface area contributed by atoms with Crippen LogP contribution in [0.1, 0.15) is 16.7 Å². The molecule has 34 heavy (non-hydrogen) atoms. The van der Waals surface area contributed by atoms with Crippen LogP contribution in [0.2, 0.25) is 0 Å². The van der Waals surface area contributed by atoms with Crippen LogP contribution in [-0.4, -0.2) is 17.1 Å². The van der Waals surface area contributed by atoms with Crippen molar-refractivity contribution < 1.29 is 14.0 Å². The van der Waals surface area contributed by atoms with Crippen LogP contribution in [0.4, 0.5) is 15.8 Å². The van der Waals surface area contributed by atoms with Crippen molar-refractivity contribution in [1.82, 2.24) is 0 Å². The normalized spacial score (nSPS) is 16.8. The van der Waals surface area contributed by atoms with Crippen LogP contribution < -0.4 is 10.2 Å². The van der Waals surface area contributed by atoms with Crippen LogP contribution in [-0.2, 0) is 16.0 Å². The number of para-hydroxylation sites is 1. The van der Waals surface area contributed by atoms with Gasteiger partial charge in [-0.05, 0) is 73.4 Å². The highest BCUT2D eigenvalue weighted by Crippen LogP contribution is 2.42. The number of anilines is 2. The summed E-state index contributed by atoms with van der Waals surface area (Å²) in [6.07, 6.45) is 0.341. The molecule has 7 heteroatoms. The molecule has 1 fully saturated rings. The van der Waals surface area contributed by atoms with Gasteiger partial charge >= 0.3 is 0 Å². The Bertz CT molecular complexity index is 1310. The fourth-order valence-corrected chi connectivity index (χ4v) is 4.94. The lowest BCUT2D eigenvalue weighted by Crippen LogP contribution is -2.31. The monoisotopic (exact) mass is 471 g/mol. The van der Waals surface area contributed by atoms with E-state index in [0.29, 0.717) is 17.8 Å². The number of nitriles is 1. The van der Waals surface area contributed by atoms with Crippen molar-refractivity contribution >= 4 is 35.0 Å². The first kappa shape index (κ1) is 23.3. The number of nitrogens with zero attached hydrogens (tertiary/aromatic N) is 2. The largest absolute Gasteiger partial charge is 0.321 e. The van der Waals surface area contributed by atoms with Crippen molar-refractivity contribution in [1.29, 1.82) is 5.26 Å². The third-order valence-corrected chi connectivity index (χ3v) is 6.88. The molecule has 1 saturated heterocycles. The Hall–Kier alpha value is -3.89. The molecule has 1 atom stereocenters. The van der Waals surface area contributed by atoms with Crippen LogP contribution in [0.15, 0.2) is 83.4 Å². The summed E-state index contributed by atoms with van der Waals surface area (Å²) in [5.74, 6) is -1.16. The summed E-state index contributed by atoms with van der Waals surface area (Å²) in [5, 5.41) is 12.4. The molecule has 4 rings (SSSR count). The second kappa shape index (κ2) is 9.94. The number of nitrogens with one attached hydrogen (secondary N) is 1. The summed E-state index contributed by atoms with van der Waals surface area (Å²) >= 11 is 1.18. The maximum atomic E-state index is 13.5. The molecular weight excluding hydrogens is 449 g/mol. The van der Waals surface area contributed by atoms with Gasteiger partial charge in [-0.25, -0.2) is 4.39 Å². The van der Waals surface area contributed by atoms with Crippen molar-refractivity contribution in [3.05, 3.63) is 106 Å². The fourth-order valence-electron chi connectivity index (χ4n) is 3.64. The quantitative estimate of drug-likeness (QED) is 0.394. The van der Waals surface area contributed by atoms with E-state index in [4.69, 9.17) is 0 Å². The minimum Gasteiger partial charge on any atom is -0.321 e. The molecule has 1 aliphatic rings. The lowest BCUT2D eigenvalue weighted by molar-refractivity contribution is -0.117. The molecular formula is C27H22FN3O2S. The summed E-state index contributed by atoms with van der Waals surface area (Å²) in [4.78, 5) is 28.0. The first-order valence-corrected chi connectivity index (χ1v) is 11.6. The SMILES string of the molecule is Cc1ccc(N2C(=O)C(Cc3ccc(F)cc3)S/C2=C(/C#N)C(=O)Nc2ccccc2)cc1C. The standard InChI is InChI=1S/C27H22FN3O2S/c1-17-8-13-22(14-18(17)2)31-26(33)24(15-19-9-11-20(28)12-10-19)34-27(31)23(16-29)25(32)30-21-6-4-3-5-7-21/h3-14,24H,15H2,1-2H3,(H,30,32)/b27-23-. The van der Waals surface area contributed by atoms with Crippen LogP contribution in [0, 0.1) is 31.0 Å². The van der Waals surface area contributed by atoms with Crippen LogP contribution >= 0.6 is 11.8 Å². The van der Waals surface area contributed by atoms with Gasteiger partial charge in [0.2, 0.25) is 5.91 Å². The number of rotatable bonds is 5. The van der Waals surface area contributed by atoms with Gasteiger partial charge in [0.05, 0.1) is 5.25 Å². The van der Waals surface area contributed by atoms with E-state index in [9.17, 15) is 19.2 Å². The molecule has 0 aromatic heterocycles. The van der Waals surface area contributed by atoms with E-state index >= 15 is 0 Å². The van der Waals surface area contributed by atoms with Crippen LogP contribution in [0.3, 0.4) is 0 Å². The van der Waals surface area contributed by atoms with Crippen LogP contribution in [0.25, 0.3) is 0 Å². The molecule has 3 aromatic rings. The maximum Gasteiger partial charge on any atom is 0.269 e. The van der Waals surface area contributed by atoms with Gasteiger partial charge in [-0.1, -0.05) is 48.2 Å². The van der Waals surface area contributed by atoms with Crippen molar-refractivity contribution in [2.24, 2.45) is 0 Å². The minimum absolute atomic E-state index is 0.137. The molecule has 1 heterocycles. The van der Waals surface area contributed by atoms with E-state index in [1.54, 1.807) is 36.4 Å². The third kappa shape index (κ3) is 4.87. The summed E-state index contributed by atoms with van der Waals surface area (Å²) in [7, 11) is 0. The number of aryl methyl sites for hydroxylation is 2. The zero-order valence-corrected chi connectivity index (χ0v) is 19.5. The third-order valence-electron chi connectivity index (χ3n) is 5.62. The van der Waals surface area contributed by atoms with E-state index in [1.165, 1.54) is 28.8 Å². The zero-order valence-electron chi connectivity index (χ0n) is 18.7. The van der Waals surface area contributed by atoms with Gasteiger partial charge in [0, 0.05) is 11.4 Å². The number of carbonyl (C=O) groups excluding carboxylic acids is 2. The van der Waals surface area contributed by atoms with E-state index in [0.717, 1.165) is 16.7 Å². The molecule has 0 saturated carbocycles. The molecule has 1 aliphatic heterocycles. The highest BCUT2D eigenvalue weighted by molar-refractivity contribution is 8.05. The highest BCUT2D eigenvalue weighted by Gasteiger charge is 2.41. The number of amides is 2. The van der Waals surface area contributed by atoms with Crippen LogP contribution in [0.5, 0.6) is 0 Å².